The SMILES string of the molecule is COC(=O)c1ccccc1NC(=O)c1cccn1C(C)C. The molecule has 0 aliphatic rings. The molecule has 110 valence electrons. The molecule has 0 saturated carbocycles. The van der Waals surface area contributed by atoms with Gasteiger partial charge in [0.2, 0.25) is 0 Å². The summed E-state index contributed by atoms with van der Waals surface area (Å²) in [7, 11) is 1.31. The molecular formula is C16H18N2O3. The molecule has 0 atom stereocenters. The van der Waals surface area contributed by atoms with E-state index in [1.165, 1.54) is 7.11 Å². The molecule has 1 aromatic heterocycles. The predicted molar refractivity (Wildman–Crippen MR) is 80.6 cm³/mol. The van der Waals surface area contributed by atoms with Gasteiger partial charge in [-0.15, -0.1) is 0 Å². The smallest absolute Gasteiger partial charge is 0.339 e. The van der Waals surface area contributed by atoms with Gasteiger partial charge in [0, 0.05) is 12.2 Å². The summed E-state index contributed by atoms with van der Waals surface area (Å²) in [5.74, 6) is -0.741. The Morgan fingerprint density at radius 3 is 2.52 bits per heavy atom. The molecule has 0 aliphatic heterocycles. The van der Waals surface area contributed by atoms with Gasteiger partial charge in [-0.1, -0.05) is 12.1 Å². The highest BCUT2D eigenvalue weighted by atomic mass is 16.5. The molecule has 0 radical (unpaired) electrons. The first kappa shape index (κ1) is 14.8. The van der Waals surface area contributed by atoms with Crippen LogP contribution in [-0.4, -0.2) is 23.6 Å². The first-order chi connectivity index (χ1) is 10.0. The van der Waals surface area contributed by atoms with E-state index < -0.39 is 5.97 Å². The second-order valence-corrected chi connectivity index (χ2v) is 4.89. The number of benzene rings is 1. The van der Waals surface area contributed by atoms with Crippen LogP contribution in [0.2, 0.25) is 0 Å². The second kappa shape index (κ2) is 6.26. The zero-order valence-corrected chi connectivity index (χ0v) is 12.3. The van der Waals surface area contributed by atoms with E-state index >= 15 is 0 Å². The molecule has 0 unspecified atom stereocenters. The molecule has 5 heteroatoms. The molecule has 0 aliphatic carbocycles. The number of carbonyl (C=O) groups is 2. The summed E-state index contributed by atoms with van der Waals surface area (Å²) < 4.78 is 6.59. The van der Waals surface area contributed by atoms with Crippen LogP contribution in [0.1, 0.15) is 40.7 Å². The van der Waals surface area contributed by atoms with Crippen LogP contribution in [0.4, 0.5) is 5.69 Å². The fourth-order valence-corrected chi connectivity index (χ4v) is 2.10. The third kappa shape index (κ3) is 3.13. The normalized spacial score (nSPS) is 10.5. The first-order valence-electron chi connectivity index (χ1n) is 6.70. The average molecular weight is 286 g/mol. The predicted octanol–water partition coefficient (Wildman–Crippen LogP) is 3.11. The minimum absolute atomic E-state index is 0.177. The van der Waals surface area contributed by atoms with Crippen LogP contribution in [0.25, 0.3) is 0 Å². The van der Waals surface area contributed by atoms with Crippen molar-refractivity contribution in [3.63, 3.8) is 0 Å². The number of carbonyl (C=O) groups excluding carboxylic acids is 2. The minimum atomic E-state index is -0.481. The monoisotopic (exact) mass is 286 g/mol. The molecule has 1 N–H and O–H groups in total. The Morgan fingerprint density at radius 1 is 1.14 bits per heavy atom. The molecule has 21 heavy (non-hydrogen) atoms. The standard InChI is InChI=1S/C16H18N2O3/c1-11(2)18-10-6-9-14(18)15(19)17-13-8-5-4-7-12(13)16(20)21-3/h4-11H,1-3H3,(H,17,19). The van der Waals surface area contributed by atoms with Gasteiger partial charge >= 0.3 is 5.97 Å². The van der Waals surface area contributed by atoms with Crippen LogP contribution in [0.3, 0.4) is 0 Å². The number of para-hydroxylation sites is 1. The number of nitrogens with one attached hydrogen (secondary N) is 1. The summed E-state index contributed by atoms with van der Waals surface area (Å²) in [5.41, 5.74) is 1.31. The number of rotatable bonds is 4. The number of aromatic nitrogens is 1. The maximum absolute atomic E-state index is 12.4. The molecule has 1 amide bonds. The summed E-state index contributed by atoms with van der Waals surface area (Å²) in [5, 5.41) is 2.76. The number of methoxy groups -OCH3 is 1. The van der Waals surface area contributed by atoms with Crippen molar-refractivity contribution in [2.75, 3.05) is 12.4 Å². The van der Waals surface area contributed by atoms with Crippen molar-refractivity contribution in [2.45, 2.75) is 19.9 Å². The summed E-state index contributed by atoms with van der Waals surface area (Å²) in [6, 6.07) is 10.5. The molecule has 0 fully saturated rings. The number of esters is 1. The Bertz CT molecular complexity index is 659. The van der Waals surface area contributed by atoms with E-state index in [4.69, 9.17) is 4.74 Å². The van der Waals surface area contributed by atoms with E-state index in [1.807, 2.05) is 30.7 Å². The van der Waals surface area contributed by atoms with Gasteiger partial charge in [0.1, 0.15) is 5.69 Å². The van der Waals surface area contributed by atoms with Gasteiger partial charge in [-0.3, -0.25) is 4.79 Å². The largest absolute Gasteiger partial charge is 0.465 e. The van der Waals surface area contributed by atoms with Gasteiger partial charge < -0.3 is 14.6 Å². The zero-order valence-electron chi connectivity index (χ0n) is 12.3. The summed E-state index contributed by atoms with van der Waals surface area (Å²) in [6.45, 7) is 4.00. The van der Waals surface area contributed by atoms with Gasteiger partial charge in [-0.2, -0.15) is 0 Å². The fraction of sp³-hybridized carbons (Fsp3) is 0.250. The topological polar surface area (TPSA) is 60.3 Å². The molecule has 0 spiro atoms. The lowest BCUT2D eigenvalue weighted by atomic mass is 10.1. The van der Waals surface area contributed by atoms with Crippen molar-refractivity contribution in [1.29, 1.82) is 0 Å². The number of amides is 1. The van der Waals surface area contributed by atoms with Crippen LogP contribution >= 0.6 is 0 Å². The van der Waals surface area contributed by atoms with Gasteiger partial charge in [-0.25, -0.2) is 4.79 Å². The number of anilines is 1. The molecular weight excluding hydrogens is 268 g/mol. The van der Waals surface area contributed by atoms with Crippen molar-refractivity contribution < 1.29 is 14.3 Å². The molecule has 1 heterocycles. The third-order valence-corrected chi connectivity index (χ3v) is 3.15. The Kier molecular flexibility index (Phi) is 4.42. The minimum Gasteiger partial charge on any atom is -0.465 e. The van der Waals surface area contributed by atoms with E-state index in [2.05, 4.69) is 5.32 Å². The number of nitrogens with zero attached hydrogens (tertiary/aromatic N) is 1. The second-order valence-electron chi connectivity index (χ2n) is 4.89. The Balaban J connectivity index is 2.28. The third-order valence-electron chi connectivity index (χ3n) is 3.15. The van der Waals surface area contributed by atoms with E-state index in [0.717, 1.165) is 0 Å². The van der Waals surface area contributed by atoms with Crippen molar-refractivity contribution in [3.8, 4) is 0 Å². The van der Waals surface area contributed by atoms with Crippen LogP contribution in [0.15, 0.2) is 42.6 Å². The molecule has 0 saturated heterocycles. The van der Waals surface area contributed by atoms with Gasteiger partial charge in [-0.05, 0) is 38.1 Å². The number of ether oxygens (including phenoxy) is 1. The highest BCUT2D eigenvalue weighted by molar-refractivity contribution is 6.07. The number of hydrogen-bond donors (Lipinski definition) is 1. The van der Waals surface area contributed by atoms with Crippen LogP contribution in [-0.2, 0) is 4.74 Å². The first-order valence-corrected chi connectivity index (χ1v) is 6.70. The van der Waals surface area contributed by atoms with Crippen molar-refractivity contribution >= 4 is 17.6 Å². The lowest BCUT2D eigenvalue weighted by Crippen LogP contribution is -2.19. The molecule has 2 rings (SSSR count). The maximum atomic E-state index is 12.4. The fourth-order valence-electron chi connectivity index (χ4n) is 2.10. The van der Waals surface area contributed by atoms with Gasteiger partial charge in [0.05, 0.1) is 18.4 Å². The van der Waals surface area contributed by atoms with Gasteiger partial charge in [0.15, 0.2) is 0 Å². The summed E-state index contributed by atoms with van der Waals surface area (Å²) in [6.07, 6.45) is 1.85. The number of hydrogen-bond acceptors (Lipinski definition) is 3. The zero-order chi connectivity index (χ0) is 15.4. The van der Waals surface area contributed by atoms with Crippen LogP contribution < -0.4 is 5.32 Å². The van der Waals surface area contributed by atoms with Gasteiger partial charge in [0.25, 0.3) is 5.91 Å². The molecule has 5 nitrogen and oxygen atoms in total. The molecule has 0 bridgehead atoms. The molecule has 1 aromatic carbocycles. The summed E-state index contributed by atoms with van der Waals surface area (Å²) in [4.78, 5) is 24.1. The Labute approximate surface area is 123 Å². The summed E-state index contributed by atoms with van der Waals surface area (Å²) >= 11 is 0. The quantitative estimate of drug-likeness (QED) is 0.878. The maximum Gasteiger partial charge on any atom is 0.339 e. The van der Waals surface area contributed by atoms with Crippen molar-refractivity contribution in [2.24, 2.45) is 0 Å². The van der Waals surface area contributed by atoms with E-state index in [-0.39, 0.29) is 11.9 Å². The van der Waals surface area contributed by atoms with Crippen LogP contribution in [0.5, 0.6) is 0 Å². The van der Waals surface area contributed by atoms with E-state index in [0.29, 0.717) is 16.9 Å². The van der Waals surface area contributed by atoms with E-state index in [1.54, 1.807) is 30.3 Å². The Morgan fingerprint density at radius 2 is 1.86 bits per heavy atom. The van der Waals surface area contributed by atoms with E-state index in [9.17, 15) is 9.59 Å². The lowest BCUT2D eigenvalue weighted by molar-refractivity contribution is 0.0602. The van der Waals surface area contributed by atoms with Crippen molar-refractivity contribution in [3.05, 3.63) is 53.9 Å². The highest BCUT2D eigenvalue weighted by Crippen LogP contribution is 2.18. The molecule has 2 aromatic rings. The highest BCUT2D eigenvalue weighted by Gasteiger charge is 2.16. The lowest BCUT2D eigenvalue weighted by Gasteiger charge is -2.14. The van der Waals surface area contributed by atoms with Crippen LogP contribution in [0, 0.1) is 0 Å². The average Bonchev–Trinajstić information content (AvgIpc) is 2.96. The van der Waals surface area contributed by atoms with Crippen molar-refractivity contribution in [1.82, 2.24) is 4.57 Å². The Hall–Kier alpha value is -2.56.